The van der Waals surface area contributed by atoms with Crippen LogP contribution in [0, 0.1) is 0 Å². The summed E-state index contributed by atoms with van der Waals surface area (Å²) < 4.78 is 17.0. The number of benzene rings is 2. The summed E-state index contributed by atoms with van der Waals surface area (Å²) in [6.07, 6.45) is 8.73. The van der Waals surface area contributed by atoms with Crippen LogP contribution in [0.5, 0.6) is 5.75 Å². The topological polar surface area (TPSA) is 44.8 Å². The minimum atomic E-state index is -0.542. The molecular formula is C29H42O4. The van der Waals surface area contributed by atoms with Crippen LogP contribution >= 0.6 is 0 Å². The molecule has 0 saturated heterocycles. The summed E-state index contributed by atoms with van der Waals surface area (Å²) in [6, 6.07) is 16.4. The standard InChI is InChI=1S/C29H42O4/c1-5-7-9-10-11-12-22-32-28-19-17-27(18-20-28)26-15-13-25(14-16-26)23(3)33-29(30)24(4)31-21-8-6-2/h13-20,23-24H,5-12,21-22H2,1-4H3. The highest BCUT2D eigenvalue weighted by Gasteiger charge is 2.18. The predicted octanol–water partition coefficient (Wildman–Crippen LogP) is 7.90. The lowest BCUT2D eigenvalue weighted by atomic mass is 10.0. The second kappa shape index (κ2) is 15.5. The second-order valence-electron chi connectivity index (χ2n) is 8.71. The van der Waals surface area contributed by atoms with Gasteiger partial charge in [0.2, 0.25) is 0 Å². The quantitative estimate of drug-likeness (QED) is 0.191. The molecular weight excluding hydrogens is 412 g/mol. The molecule has 2 unspecified atom stereocenters. The maximum atomic E-state index is 12.2. The molecule has 0 bridgehead atoms. The molecule has 0 aliphatic heterocycles. The van der Waals surface area contributed by atoms with E-state index in [-0.39, 0.29) is 12.1 Å². The molecule has 0 N–H and O–H groups in total. The molecule has 0 amide bonds. The summed E-state index contributed by atoms with van der Waals surface area (Å²) in [5.41, 5.74) is 3.22. The Morgan fingerprint density at radius 1 is 0.727 bits per heavy atom. The third-order valence-corrected chi connectivity index (χ3v) is 5.82. The monoisotopic (exact) mass is 454 g/mol. The van der Waals surface area contributed by atoms with Crippen LogP contribution < -0.4 is 4.74 Å². The summed E-state index contributed by atoms with van der Waals surface area (Å²) in [7, 11) is 0. The van der Waals surface area contributed by atoms with E-state index in [0.717, 1.165) is 48.3 Å². The Morgan fingerprint density at radius 3 is 1.94 bits per heavy atom. The van der Waals surface area contributed by atoms with E-state index in [0.29, 0.717) is 6.61 Å². The van der Waals surface area contributed by atoms with Crippen LogP contribution in [-0.2, 0) is 14.3 Å². The van der Waals surface area contributed by atoms with Gasteiger partial charge in [0.1, 0.15) is 11.9 Å². The van der Waals surface area contributed by atoms with Crippen LogP contribution in [-0.4, -0.2) is 25.3 Å². The van der Waals surface area contributed by atoms with E-state index >= 15 is 0 Å². The van der Waals surface area contributed by atoms with Crippen LogP contribution in [0.4, 0.5) is 0 Å². The van der Waals surface area contributed by atoms with Crippen molar-refractivity contribution in [3.63, 3.8) is 0 Å². The number of ether oxygens (including phenoxy) is 3. The lowest BCUT2D eigenvalue weighted by Gasteiger charge is -2.18. The molecule has 0 aliphatic carbocycles. The molecule has 0 saturated carbocycles. The van der Waals surface area contributed by atoms with Crippen LogP contribution in [0.1, 0.15) is 90.7 Å². The van der Waals surface area contributed by atoms with E-state index in [1.54, 1.807) is 6.92 Å². The second-order valence-corrected chi connectivity index (χ2v) is 8.71. The minimum absolute atomic E-state index is 0.318. The van der Waals surface area contributed by atoms with E-state index in [9.17, 15) is 4.79 Å². The lowest BCUT2D eigenvalue weighted by molar-refractivity contribution is -0.161. The van der Waals surface area contributed by atoms with Gasteiger partial charge in [-0.1, -0.05) is 88.8 Å². The molecule has 2 aromatic rings. The zero-order chi connectivity index (χ0) is 23.9. The minimum Gasteiger partial charge on any atom is -0.494 e. The SMILES string of the molecule is CCCCCCCCOc1ccc(-c2ccc(C(C)OC(=O)C(C)OCCCC)cc2)cc1. The fourth-order valence-corrected chi connectivity index (χ4v) is 3.57. The van der Waals surface area contributed by atoms with Gasteiger partial charge in [0.05, 0.1) is 6.61 Å². The zero-order valence-corrected chi connectivity index (χ0v) is 21.0. The maximum absolute atomic E-state index is 12.2. The molecule has 182 valence electrons. The predicted molar refractivity (Wildman–Crippen MR) is 136 cm³/mol. The van der Waals surface area contributed by atoms with E-state index in [1.807, 2.05) is 31.2 Å². The van der Waals surface area contributed by atoms with Crippen molar-refractivity contribution in [2.75, 3.05) is 13.2 Å². The summed E-state index contributed by atoms with van der Waals surface area (Å²) >= 11 is 0. The largest absolute Gasteiger partial charge is 0.494 e. The van der Waals surface area contributed by atoms with Crippen molar-refractivity contribution >= 4 is 5.97 Å². The van der Waals surface area contributed by atoms with Gasteiger partial charge in [-0.15, -0.1) is 0 Å². The highest BCUT2D eigenvalue weighted by molar-refractivity contribution is 5.74. The van der Waals surface area contributed by atoms with Crippen molar-refractivity contribution in [3.05, 3.63) is 54.1 Å². The van der Waals surface area contributed by atoms with Crippen molar-refractivity contribution < 1.29 is 19.0 Å². The van der Waals surface area contributed by atoms with E-state index in [1.165, 1.54) is 32.1 Å². The third-order valence-electron chi connectivity index (χ3n) is 5.82. The molecule has 2 atom stereocenters. The Labute approximate surface area is 200 Å². The number of rotatable bonds is 16. The Morgan fingerprint density at radius 2 is 1.30 bits per heavy atom. The lowest BCUT2D eigenvalue weighted by Crippen LogP contribution is -2.25. The van der Waals surface area contributed by atoms with E-state index in [2.05, 4.69) is 38.1 Å². The number of hydrogen-bond acceptors (Lipinski definition) is 4. The molecule has 0 aromatic heterocycles. The fraction of sp³-hybridized carbons (Fsp3) is 0.552. The average molecular weight is 455 g/mol. The third kappa shape index (κ3) is 10.00. The number of esters is 1. The van der Waals surface area contributed by atoms with E-state index in [4.69, 9.17) is 14.2 Å². The van der Waals surface area contributed by atoms with Gasteiger partial charge < -0.3 is 14.2 Å². The van der Waals surface area contributed by atoms with Gasteiger partial charge in [0.25, 0.3) is 0 Å². The van der Waals surface area contributed by atoms with Crippen LogP contribution in [0.25, 0.3) is 11.1 Å². The normalized spacial score (nSPS) is 12.8. The van der Waals surface area contributed by atoms with Crippen molar-refractivity contribution in [1.82, 2.24) is 0 Å². The molecule has 0 radical (unpaired) electrons. The summed E-state index contributed by atoms with van der Waals surface area (Å²) in [6.45, 7) is 9.33. The molecule has 4 heteroatoms. The van der Waals surface area contributed by atoms with Gasteiger partial charge in [-0.3, -0.25) is 0 Å². The maximum Gasteiger partial charge on any atom is 0.335 e. The van der Waals surface area contributed by atoms with Gasteiger partial charge in [0, 0.05) is 6.61 Å². The summed E-state index contributed by atoms with van der Waals surface area (Å²) in [5, 5.41) is 0. The number of carbonyl (C=O) groups is 1. The molecule has 0 fully saturated rings. The Balaban J connectivity index is 1.79. The first-order valence-electron chi connectivity index (χ1n) is 12.7. The number of hydrogen-bond donors (Lipinski definition) is 0. The Hall–Kier alpha value is -2.33. The molecule has 2 aromatic carbocycles. The number of carbonyl (C=O) groups excluding carboxylic acids is 1. The summed E-state index contributed by atoms with van der Waals surface area (Å²) in [4.78, 5) is 12.2. The van der Waals surface area contributed by atoms with Crippen LogP contribution in [0.2, 0.25) is 0 Å². The van der Waals surface area contributed by atoms with E-state index < -0.39 is 6.10 Å². The first kappa shape index (κ1) is 26.9. The molecule has 4 nitrogen and oxygen atoms in total. The van der Waals surface area contributed by atoms with Gasteiger partial charge in [-0.2, -0.15) is 0 Å². The van der Waals surface area contributed by atoms with Crippen molar-refractivity contribution in [2.45, 2.75) is 91.3 Å². The van der Waals surface area contributed by atoms with Crippen molar-refractivity contribution in [2.24, 2.45) is 0 Å². The summed E-state index contributed by atoms with van der Waals surface area (Å²) in [5.74, 6) is 0.596. The van der Waals surface area contributed by atoms with Crippen LogP contribution in [0.3, 0.4) is 0 Å². The highest BCUT2D eigenvalue weighted by atomic mass is 16.6. The van der Waals surface area contributed by atoms with Gasteiger partial charge >= 0.3 is 5.97 Å². The Kier molecular flexibility index (Phi) is 12.6. The fourth-order valence-electron chi connectivity index (χ4n) is 3.57. The van der Waals surface area contributed by atoms with Crippen molar-refractivity contribution in [1.29, 1.82) is 0 Å². The van der Waals surface area contributed by atoms with Crippen LogP contribution in [0.15, 0.2) is 48.5 Å². The van der Waals surface area contributed by atoms with Gasteiger partial charge in [0.15, 0.2) is 6.10 Å². The molecule has 0 aliphatic rings. The first-order valence-corrected chi connectivity index (χ1v) is 12.7. The average Bonchev–Trinajstić information content (AvgIpc) is 2.84. The zero-order valence-electron chi connectivity index (χ0n) is 21.0. The molecule has 2 rings (SSSR count). The van der Waals surface area contributed by atoms with Gasteiger partial charge in [-0.05, 0) is 55.5 Å². The highest BCUT2D eigenvalue weighted by Crippen LogP contribution is 2.26. The van der Waals surface area contributed by atoms with Crippen molar-refractivity contribution in [3.8, 4) is 16.9 Å². The Bertz CT molecular complexity index is 782. The molecule has 33 heavy (non-hydrogen) atoms. The van der Waals surface area contributed by atoms with Gasteiger partial charge in [-0.25, -0.2) is 4.79 Å². The smallest absolute Gasteiger partial charge is 0.335 e. The molecule has 0 spiro atoms. The first-order chi connectivity index (χ1) is 16.0. The molecule has 0 heterocycles. The number of unbranched alkanes of at least 4 members (excludes halogenated alkanes) is 6.